The highest BCUT2D eigenvalue weighted by Crippen LogP contribution is 2.42. The molecule has 7 aromatic carbocycles. The molecule has 11 aromatic rings. The maximum atomic E-state index is 6.37. The van der Waals surface area contributed by atoms with Crippen LogP contribution in [0.5, 0.6) is 0 Å². The van der Waals surface area contributed by atoms with Gasteiger partial charge in [0.15, 0.2) is 28.9 Å². The van der Waals surface area contributed by atoms with Crippen LogP contribution in [-0.4, -0.2) is 24.9 Å². The number of furan rings is 1. The predicted octanol–water partition coefficient (Wildman–Crippen LogP) is 12.9. The van der Waals surface area contributed by atoms with Crippen LogP contribution in [0, 0.1) is 0 Å². The highest BCUT2D eigenvalue weighted by atomic mass is 32.1. The van der Waals surface area contributed by atoms with Crippen molar-refractivity contribution in [3.05, 3.63) is 176 Å². The number of thiophene rings is 1. The molecule has 0 spiro atoms. The van der Waals surface area contributed by atoms with Crippen LogP contribution in [0.25, 0.3) is 110 Å². The van der Waals surface area contributed by atoms with Gasteiger partial charge in [0, 0.05) is 53.4 Å². The molecule has 6 nitrogen and oxygen atoms in total. The Labute approximate surface area is 325 Å². The van der Waals surface area contributed by atoms with E-state index < -0.39 is 0 Å². The highest BCUT2D eigenvalue weighted by molar-refractivity contribution is 7.26. The molecule has 0 aliphatic heterocycles. The first kappa shape index (κ1) is 32.1. The van der Waals surface area contributed by atoms with Gasteiger partial charge in [-0.15, -0.1) is 11.3 Å². The van der Waals surface area contributed by atoms with Gasteiger partial charge in [-0.25, -0.2) is 24.9 Å². The first-order valence-electron chi connectivity index (χ1n) is 18.4. The van der Waals surface area contributed by atoms with Crippen molar-refractivity contribution in [1.82, 2.24) is 24.9 Å². The van der Waals surface area contributed by atoms with Crippen molar-refractivity contribution in [1.29, 1.82) is 0 Å². The summed E-state index contributed by atoms with van der Waals surface area (Å²) in [7, 11) is 0. The molecular weight excluding hydrogens is 707 g/mol. The van der Waals surface area contributed by atoms with Crippen molar-refractivity contribution in [3.63, 3.8) is 0 Å². The van der Waals surface area contributed by atoms with Crippen LogP contribution in [0.2, 0.25) is 0 Å². The van der Waals surface area contributed by atoms with E-state index in [4.69, 9.17) is 29.3 Å². The minimum atomic E-state index is 0.631. The number of rotatable bonds is 6. The fraction of sp³-hybridized carbons (Fsp3) is 0. The summed E-state index contributed by atoms with van der Waals surface area (Å²) in [6, 6.07) is 60.0. The van der Waals surface area contributed by atoms with Gasteiger partial charge in [0.2, 0.25) is 0 Å². The Balaban J connectivity index is 1.07. The lowest BCUT2D eigenvalue weighted by Gasteiger charge is -2.10. The minimum absolute atomic E-state index is 0.631. The van der Waals surface area contributed by atoms with E-state index in [1.54, 1.807) is 11.3 Å². The fourth-order valence-corrected chi connectivity index (χ4v) is 8.59. The van der Waals surface area contributed by atoms with E-state index >= 15 is 0 Å². The van der Waals surface area contributed by atoms with Crippen molar-refractivity contribution in [2.45, 2.75) is 0 Å². The molecule has 4 aromatic heterocycles. The van der Waals surface area contributed by atoms with E-state index in [9.17, 15) is 0 Å². The molecule has 0 fully saturated rings. The Bertz CT molecular complexity index is 3190. The molecule has 0 unspecified atom stereocenters. The Kier molecular flexibility index (Phi) is 7.57. The van der Waals surface area contributed by atoms with Gasteiger partial charge >= 0.3 is 0 Å². The lowest BCUT2D eigenvalue weighted by molar-refractivity contribution is 0.667. The normalized spacial score (nSPS) is 11.6. The Hall–Kier alpha value is -7.35. The quantitative estimate of drug-likeness (QED) is 0.169. The molecule has 0 saturated heterocycles. The van der Waals surface area contributed by atoms with Crippen LogP contribution >= 0.6 is 11.3 Å². The molecule has 0 saturated carbocycles. The van der Waals surface area contributed by atoms with Crippen molar-refractivity contribution in [2.75, 3.05) is 0 Å². The largest absolute Gasteiger partial charge is 0.452 e. The molecule has 7 heteroatoms. The highest BCUT2D eigenvalue weighted by Gasteiger charge is 2.20. The maximum Gasteiger partial charge on any atom is 0.180 e. The van der Waals surface area contributed by atoms with Gasteiger partial charge in [0.05, 0.1) is 0 Å². The average Bonchev–Trinajstić information content (AvgIpc) is 3.85. The van der Waals surface area contributed by atoms with Gasteiger partial charge in [-0.05, 0) is 53.6 Å². The zero-order chi connectivity index (χ0) is 37.0. The first-order chi connectivity index (χ1) is 27.7. The number of fused-ring (bicyclic) bond motifs is 6. The Morgan fingerprint density at radius 1 is 0.375 bits per heavy atom. The standard InChI is InChI=1S/C49H29N5OS/c1-4-14-30(15-5-1)43-45-44(37-22-10-11-24-39(37)55-45)51-48(50-43)34-21-12-20-33(28-34)36-23-13-25-41-42(36)38-29-35(26-27-40(38)56-41)49-53-46(31-16-6-2-7-17-31)52-47(54-49)32-18-8-3-9-19-32/h1-29H. The SMILES string of the molecule is c1ccc(-c2nc(-c3ccccc3)nc(-c3ccc4sc5cccc(-c6cccc(-c7nc(-c8ccccc8)c8oc9ccccc9c8n7)c6)c5c4c3)n2)cc1. The molecule has 262 valence electrons. The molecule has 56 heavy (non-hydrogen) atoms. The van der Waals surface area contributed by atoms with Crippen molar-refractivity contribution < 1.29 is 4.42 Å². The van der Waals surface area contributed by atoms with Crippen molar-refractivity contribution >= 4 is 53.6 Å². The van der Waals surface area contributed by atoms with E-state index in [1.165, 1.54) is 14.8 Å². The predicted molar refractivity (Wildman–Crippen MR) is 228 cm³/mol. The number of benzene rings is 7. The second-order valence-electron chi connectivity index (χ2n) is 13.6. The Morgan fingerprint density at radius 2 is 0.946 bits per heavy atom. The smallest absolute Gasteiger partial charge is 0.180 e. The van der Waals surface area contributed by atoms with Crippen LogP contribution in [-0.2, 0) is 0 Å². The topological polar surface area (TPSA) is 77.6 Å². The molecule has 11 rings (SSSR count). The van der Waals surface area contributed by atoms with Crippen LogP contribution in [0.15, 0.2) is 180 Å². The fourth-order valence-electron chi connectivity index (χ4n) is 7.48. The molecule has 0 bridgehead atoms. The first-order valence-corrected chi connectivity index (χ1v) is 19.2. The van der Waals surface area contributed by atoms with Gasteiger partial charge < -0.3 is 4.42 Å². The second kappa shape index (κ2) is 13.2. The second-order valence-corrected chi connectivity index (χ2v) is 14.7. The molecule has 0 radical (unpaired) electrons. The maximum absolute atomic E-state index is 6.37. The number of para-hydroxylation sites is 1. The molecule has 0 amide bonds. The van der Waals surface area contributed by atoms with E-state index in [0.717, 1.165) is 66.5 Å². The summed E-state index contributed by atoms with van der Waals surface area (Å²) in [4.78, 5) is 25.2. The van der Waals surface area contributed by atoms with Gasteiger partial charge in [-0.2, -0.15) is 0 Å². The summed E-state index contributed by atoms with van der Waals surface area (Å²) >= 11 is 1.79. The lowest BCUT2D eigenvalue weighted by atomic mass is 9.97. The lowest BCUT2D eigenvalue weighted by Crippen LogP contribution is -2.00. The van der Waals surface area contributed by atoms with Crippen LogP contribution in [0.1, 0.15) is 0 Å². The third kappa shape index (κ3) is 5.52. The van der Waals surface area contributed by atoms with E-state index in [1.807, 2.05) is 97.1 Å². The van der Waals surface area contributed by atoms with Crippen LogP contribution < -0.4 is 0 Å². The van der Waals surface area contributed by atoms with Crippen molar-refractivity contribution in [3.8, 4) is 67.9 Å². The summed E-state index contributed by atoms with van der Waals surface area (Å²) in [5.41, 5.74) is 9.99. The molecule has 0 aliphatic rings. The number of hydrogen-bond acceptors (Lipinski definition) is 7. The summed E-state index contributed by atoms with van der Waals surface area (Å²) in [5.74, 6) is 2.56. The van der Waals surface area contributed by atoms with Gasteiger partial charge in [-0.3, -0.25) is 0 Å². The molecule has 0 atom stereocenters. The van der Waals surface area contributed by atoms with Crippen LogP contribution in [0.4, 0.5) is 0 Å². The number of hydrogen-bond donors (Lipinski definition) is 0. The summed E-state index contributed by atoms with van der Waals surface area (Å²) in [6.45, 7) is 0. The zero-order valence-electron chi connectivity index (χ0n) is 29.8. The molecule has 4 heterocycles. The van der Waals surface area contributed by atoms with E-state index in [0.29, 0.717) is 28.9 Å². The molecular formula is C49H29N5OS. The van der Waals surface area contributed by atoms with E-state index in [2.05, 4.69) is 78.9 Å². The number of nitrogens with zero attached hydrogens (tertiary/aromatic N) is 5. The molecule has 0 N–H and O–H groups in total. The summed E-state index contributed by atoms with van der Waals surface area (Å²) in [6.07, 6.45) is 0. The summed E-state index contributed by atoms with van der Waals surface area (Å²) < 4.78 is 8.77. The van der Waals surface area contributed by atoms with Crippen molar-refractivity contribution in [2.24, 2.45) is 0 Å². The monoisotopic (exact) mass is 735 g/mol. The third-order valence-corrected chi connectivity index (χ3v) is 11.3. The minimum Gasteiger partial charge on any atom is -0.452 e. The average molecular weight is 736 g/mol. The number of aromatic nitrogens is 5. The zero-order valence-corrected chi connectivity index (χ0v) is 30.6. The Morgan fingerprint density at radius 3 is 1.68 bits per heavy atom. The van der Waals surface area contributed by atoms with E-state index in [-0.39, 0.29) is 0 Å². The van der Waals surface area contributed by atoms with Gasteiger partial charge in [0.25, 0.3) is 0 Å². The third-order valence-electron chi connectivity index (χ3n) is 10.2. The molecule has 0 aliphatic carbocycles. The summed E-state index contributed by atoms with van der Waals surface area (Å²) in [5, 5.41) is 3.31. The van der Waals surface area contributed by atoms with Gasteiger partial charge in [0.1, 0.15) is 16.8 Å². The van der Waals surface area contributed by atoms with Gasteiger partial charge in [-0.1, -0.05) is 133 Å². The van der Waals surface area contributed by atoms with Crippen LogP contribution in [0.3, 0.4) is 0 Å².